The maximum atomic E-state index is 5.63. The van der Waals surface area contributed by atoms with Crippen LogP contribution >= 0.6 is 0 Å². The Morgan fingerprint density at radius 3 is 2.60 bits per heavy atom. The largest absolute Gasteiger partial charge is 0.496 e. The standard InChI is InChI=1S/C21H29N3O/c1-23-11-12-24(2)20(16-23)15-22-14-19-10-9-18(13-21(19)25-3)17-7-5-4-6-8-17/h4-10,13,20,22H,11-12,14-16H2,1-3H3. The minimum absolute atomic E-state index is 0.563. The molecule has 0 spiro atoms. The summed E-state index contributed by atoms with van der Waals surface area (Å²) >= 11 is 0. The van der Waals surface area contributed by atoms with Crippen LogP contribution in [0.15, 0.2) is 48.5 Å². The molecule has 134 valence electrons. The van der Waals surface area contributed by atoms with Crippen LogP contribution in [0.25, 0.3) is 11.1 Å². The van der Waals surface area contributed by atoms with E-state index in [-0.39, 0.29) is 0 Å². The molecule has 1 heterocycles. The number of nitrogens with one attached hydrogen (secondary N) is 1. The van der Waals surface area contributed by atoms with Crippen molar-refractivity contribution in [2.75, 3.05) is 47.4 Å². The molecule has 0 amide bonds. The number of piperazine rings is 1. The fourth-order valence-corrected chi connectivity index (χ4v) is 3.40. The molecule has 1 aliphatic heterocycles. The second kappa shape index (κ2) is 8.48. The van der Waals surface area contributed by atoms with Crippen molar-refractivity contribution in [3.8, 4) is 16.9 Å². The molecule has 1 aliphatic rings. The highest BCUT2D eigenvalue weighted by atomic mass is 16.5. The number of hydrogen-bond donors (Lipinski definition) is 1. The molecule has 0 aliphatic carbocycles. The molecule has 0 radical (unpaired) electrons. The molecule has 1 N–H and O–H groups in total. The first-order valence-electron chi connectivity index (χ1n) is 8.99. The van der Waals surface area contributed by atoms with Crippen molar-refractivity contribution in [2.45, 2.75) is 12.6 Å². The van der Waals surface area contributed by atoms with E-state index < -0.39 is 0 Å². The van der Waals surface area contributed by atoms with E-state index in [9.17, 15) is 0 Å². The van der Waals surface area contributed by atoms with Gasteiger partial charge in [-0.1, -0.05) is 42.5 Å². The van der Waals surface area contributed by atoms with Crippen LogP contribution in [0.2, 0.25) is 0 Å². The van der Waals surface area contributed by atoms with Gasteiger partial charge in [0.25, 0.3) is 0 Å². The summed E-state index contributed by atoms with van der Waals surface area (Å²) in [5.74, 6) is 0.947. The van der Waals surface area contributed by atoms with E-state index in [2.05, 4.69) is 71.7 Å². The van der Waals surface area contributed by atoms with E-state index in [1.165, 1.54) is 16.7 Å². The van der Waals surface area contributed by atoms with Gasteiger partial charge in [0.2, 0.25) is 0 Å². The zero-order valence-corrected chi connectivity index (χ0v) is 15.5. The smallest absolute Gasteiger partial charge is 0.123 e. The second-order valence-electron chi connectivity index (χ2n) is 6.92. The Morgan fingerprint density at radius 1 is 1.04 bits per heavy atom. The molecule has 1 unspecified atom stereocenters. The Morgan fingerprint density at radius 2 is 1.84 bits per heavy atom. The van der Waals surface area contributed by atoms with Crippen molar-refractivity contribution in [3.63, 3.8) is 0 Å². The van der Waals surface area contributed by atoms with Crippen LogP contribution in [-0.4, -0.2) is 63.2 Å². The van der Waals surface area contributed by atoms with Crippen LogP contribution < -0.4 is 10.1 Å². The van der Waals surface area contributed by atoms with Gasteiger partial charge < -0.3 is 15.0 Å². The molecule has 1 atom stereocenters. The van der Waals surface area contributed by atoms with Gasteiger partial charge in [0.05, 0.1) is 7.11 Å². The first-order chi connectivity index (χ1) is 12.2. The third kappa shape index (κ3) is 4.60. The molecule has 4 nitrogen and oxygen atoms in total. The Kier molecular flexibility index (Phi) is 6.08. The zero-order chi connectivity index (χ0) is 17.6. The van der Waals surface area contributed by atoms with Crippen molar-refractivity contribution in [3.05, 3.63) is 54.1 Å². The van der Waals surface area contributed by atoms with Gasteiger partial charge in [0.15, 0.2) is 0 Å². The number of benzene rings is 2. The molecule has 2 aromatic carbocycles. The molecule has 4 heteroatoms. The van der Waals surface area contributed by atoms with E-state index in [0.29, 0.717) is 6.04 Å². The summed E-state index contributed by atoms with van der Waals surface area (Å²) in [4.78, 5) is 4.85. The second-order valence-corrected chi connectivity index (χ2v) is 6.92. The first kappa shape index (κ1) is 17.9. The van der Waals surface area contributed by atoms with Crippen molar-refractivity contribution >= 4 is 0 Å². The maximum absolute atomic E-state index is 5.63. The van der Waals surface area contributed by atoms with Gasteiger partial charge in [0, 0.05) is 44.3 Å². The van der Waals surface area contributed by atoms with E-state index in [0.717, 1.165) is 38.5 Å². The lowest BCUT2D eigenvalue weighted by Crippen LogP contribution is -2.53. The quantitative estimate of drug-likeness (QED) is 0.876. The van der Waals surface area contributed by atoms with Crippen molar-refractivity contribution in [2.24, 2.45) is 0 Å². The molecule has 1 saturated heterocycles. The summed E-state index contributed by atoms with van der Waals surface area (Å²) in [6, 6.07) is 17.5. The monoisotopic (exact) mass is 339 g/mol. The lowest BCUT2D eigenvalue weighted by Gasteiger charge is -2.37. The fraction of sp³-hybridized carbons (Fsp3) is 0.429. The highest BCUT2D eigenvalue weighted by Crippen LogP contribution is 2.27. The number of ether oxygens (including phenoxy) is 1. The van der Waals surface area contributed by atoms with E-state index in [1.807, 2.05) is 6.07 Å². The van der Waals surface area contributed by atoms with Gasteiger partial charge in [0.1, 0.15) is 5.75 Å². The van der Waals surface area contributed by atoms with Crippen LogP contribution in [0.1, 0.15) is 5.56 Å². The summed E-state index contributed by atoms with van der Waals surface area (Å²) in [7, 11) is 6.16. The highest BCUT2D eigenvalue weighted by Gasteiger charge is 2.21. The molecule has 25 heavy (non-hydrogen) atoms. The van der Waals surface area contributed by atoms with Crippen LogP contribution in [0.4, 0.5) is 0 Å². The van der Waals surface area contributed by atoms with Crippen LogP contribution in [0.3, 0.4) is 0 Å². The minimum atomic E-state index is 0.563. The predicted octanol–water partition coefficient (Wildman–Crippen LogP) is 2.70. The lowest BCUT2D eigenvalue weighted by molar-refractivity contribution is 0.113. The van der Waals surface area contributed by atoms with Gasteiger partial charge in [-0.3, -0.25) is 4.90 Å². The van der Waals surface area contributed by atoms with Gasteiger partial charge in [-0.05, 0) is 31.3 Å². The molecule has 0 saturated carbocycles. The van der Waals surface area contributed by atoms with Crippen LogP contribution in [0, 0.1) is 0 Å². The van der Waals surface area contributed by atoms with E-state index >= 15 is 0 Å². The SMILES string of the molecule is COc1cc(-c2ccccc2)ccc1CNCC1CN(C)CCN1C. The summed E-state index contributed by atoms with van der Waals surface area (Å²) < 4.78 is 5.63. The zero-order valence-electron chi connectivity index (χ0n) is 15.5. The number of nitrogens with zero attached hydrogens (tertiary/aromatic N) is 2. The molecular formula is C21H29N3O. The van der Waals surface area contributed by atoms with Gasteiger partial charge >= 0.3 is 0 Å². The fourth-order valence-electron chi connectivity index (χ4n) is 3.40. The average molecular weight is 339 g/mol. The maximum Gasteiger partial charge on any atom is 0.123 e. The topological polar surface area (TPSA) is 27.7 Å². The van der Waals surface area contributed by atoms with Crippen LogP contribution in [-0.2, 0) is 6.54 Å². The normalized spacial score (nSPS) is 19.1. The Hall–Kier alpha value is -1.88. The first-order valence-corrected chi connectivity index (χ1v) is 8.99. The van der Waals surface area contributed by atoms with Gasteiger partial charge in [-0.15, -0.1) is 0 Å². The lowest BCUT2D eigenvalue weighted by atomic mass is 10.0. The van der Waals surface area contributed by atoms with Crippen molar-refractivity contribution < 1.29 is 4.74 Å². The van der Waals surface area contributed by atoms with Crippen molar-refractivity contribution in [1.29, 1.82) is 0 Å². The van der Waals surface area contributed by atoms with Crippen molar-refractivity contribution in [1.82, 2.24) is 15.1 Å². The third-order valence-corrected chi connectivity index (χ3v) is 5.07. The Balaban J connectivity index is 1.62. The molecule has 3 rings (SSSR count). The Labute approximate surface area is 151 Å². The third-order valence-electron chi connectivity index (χ3n) is 5.07. The average Bonchev–Trinajstić information content (AvgIpc) is 2.65. The summed E-state index contributed by atoms with van der Waals surface area (Å²) in [5, 5.41) is 3.61. The number of hydrogen-bond acceptors (Lipinski definition) is 4. The Bertz CT molecular complexity index is 674. The summed E-state index contributed by atoms with van der Waals surface area (Å²) in [6.45, 7) is 5.23. The van der Waals surface area contributed by atoms with Gasteiger partial charge in [-0.25, -0.2) is 0 Å². The predicted molar refractivity (Wildman–Crippen MR) is 104 cm³/mol. The number of likely N-dealkylation sites (N-methyl/N-ethyl adjacent to an activating group) is 2. The minimum Gasteiger partial charge on any atom is -0.496 e. The van der Waals surface area contributed by atoms with Crippen LogP contribution in [0.5, 0.6) is 5.75 Å². The number of rotatable bonds is 6. The molecule has 2 aromatic rings. The van der Waals surface area contributed by atoms with E-state index in [4.69, 9.17) is 4.74 Å². The number of methoxy groups -OCH3 is 1. The molecule has 1 fully saturated rings. The summed E-state index contributed by atoms with van der Waals surface area (Å²) in [5.41, 5.74) is 3.61. The summed E-state index contributed by atoms with van der Waals surface area (Å²) in [6.07, 6.45) is 0. The molecular weight excluding hydrogens is 310 g/mol. The molecule has 0 aromatic heterocycles. The van der Waals surface area contributed by atoms with Gasteiger partial charge in [-0.2, -0.15) is 0 Å². The molecule has 0 bridgehead atoms. The van der Waals surface area contributed by atoms with E-state index in [1.54, 1.807) is 7.11 Å². The highest BCUT2D eigenvalue weighted by molar-refractivity contribution is 5.66.